The zero-order valence-electron chi connectivity index (χ0n) is 10.1. The van der Waals surface area contributed by atoms with E-state index in [0.29, 0.717) is 12.5 Å². The minimum Gasteiger partial charge on any atom is -0.351 e. The van der Waals surface area contributed by atoms with Crippen LogP contribution >= 0.6 is 27.3 Å². The average molecular weight is 304 g/mol. The van der Waals surface area contributed by atoms with E-state index in [4.69, 9.17) is 0 Å². The smallest absolute Gasteiger partial charge is 0.262 e. The zero-order chi connectivity index (χ0) is 12.3. The van der Waals surface area contributed by atoms with Crippen molar-refractivity contribution in [1.82, 2.24) is 5.32 Å². The molecule has 0 aromatic carbocycles. The molecule has 2 nitrogen and oxygen atoms in total. The van der Waals surface area contributed by atoms with Gasteiger partial charge in [-0.15, -0.1) is 11.3 Å². The second-order valence-electron chi connectivity index (χ2n) is 4.92. The van der Waals surface area contributed by atoms with Crippen LogP contribution in [0.5, 0.6) is 0 Å². The van der Waals surface area contributed by atoms with E-state index in [1.165, 1.54) is 11.3 Å². The molecular formula is C12H18BrNOS. The van der Waals surface area contributed by atoms with Gasteiger partial charge in [0.1, 0.15) is 4.88 Å². The second kappa shape index (κ2) is 5.32. The number of carbonyl (C=O) groups excluding carboxylic acids is 1. The van der Waals surface area contributed by atoms with Gasteiger partial charge < -0.3 is 5.32 Å². The number of amides is 1. The lowest BCUT2D eigenvalue weighted by Crippen LogP contribution is -2.36. The van der Waals surface area contributed by atoms with Gasteiger partial charge in [-0.1, -0.05) is 27.7 Å². The molecule has 16 heavy (non-hydrogen) atoms. The molecule has 0 bridgehead atoms. The molecule has 4 heteroatoms. The molecule has 1 aromatic heterocycles. The van der Waals surface area contributed by atoms with Gasteiger partial charge in [-0.05, 0) is 38.7 Å². The van der Waals surface area contributed by atoms with Gasteiger partial charge in [0.05, 0.1) is 0 Å². The topological polar surface area (TPSA) is 29.1 Å². The fourth-order valence-electron chi connectivity index (χ4n) is 1.05. The fraction of sp³-hybridized carbons (Fsp3) is 0.583. The Morgan fingerprint density at radius 1 is 1.56 bits per heavy atom. The molecule has 1 aromatic rings. The van der Waals surface area contributed by atoms with Crippen LogP contribution in [0.1, 0.15) is 37.4 Å². The third kappa shape index (κ3) is 3.32. The van der Waals surface area contributed by atoms with Crippen molar-refractivity contribution in [2.75, 3.05) is 6.54 Å². The molecule has 0 saturated carbocycles. The van der Waals surface area contributed by atoms with Gasteiger partial charge >= 0.3 is 0 Å². The minimum atomic E-state index is 0.00981. The van der Waals surface area contributed by atoms with Crippen molar-refractivity contribution in [1.29, 1.82) is 0 Å². The molecule has 0 aliphatic rings. The summed E-state index contributed by atoms with van der Waals surface area (Å²) in [5.74, 6) is 0.551. The number of thiophene rings is 1. The van der Waals surface area contributed by atoms with Gasteiger partial charge in [0.2, 0.25) is 0 Å². The standard InChI is InChI=1S/C12H18BrNOS/c1-8(2)12(3,4)7-14-11(15)10-9(13)5-6-16-10/h5-6,8H,7H2,1-4H3,(H,14,15). The van der Waals surface area contributed by atoms with Crippen LogP contribution in [0.25, 0.3) is 0 Å². The highest BCUT2D eigenvalue weighted by atomic mass is 79.9. The van der Waals surface area contributed by atoms with E-state index in [2.05, 4.69) is 48.9 Å². The fourth-order valence-corrected chi connectivity index (χ4v) is 2.52. The summed E-state index contributed by atoms with van der Waals surface area (Å²) in [5, 5.41) is 4.90. The molecule has 0 spiro atoms. The molecule has 0 saturated heterocycles. The molecular weight excluding hydrogens is 286 g/mol. The Hall–Kier alpha value is -0.350. The van der Waals surface area contributed by atoms with E-state index in [1.807, 2.05) is 11.4 Å². The number of hydrogen-bond acceptors (Lipinski definition) is 2. The lowest BCUT2D eigenvalue weighted by Gasteiger charge is -2.29. The number of carbonyl (C=O) groups is 1. The van der Waals surface area contributed by atoms with Gasteiger partial charge in [0.15, 0.2) is 0 Å². The number of hydrogen-bond donors (Lipinski definition) is 1. The summed E-state index contributed by atoms with van der Waals surface area (Å²) in [6, 6.07) is 1.90. The predicted octanol–water partition coefficient (Wildman–Crippen LogP) is 3.92. The monoisotopic (exact) mass is 303 g/mol. The Morgan fingerprint density at radius 3 is 2.62 bits per heavy atom. The molecule has 0 aliphatic carbocycles. The maximum atomic E-state index is 11.9. The van der Waals surface area contributed by atoms with Crippen molar-refractivity contribution in [2.45, 2.75) is 27.7 Å². The Labute approximate surface area is 110 Å². The maximum absolute atomic E-state index is 11.9. The Morgan fingerprint density at radius 2 is 2.19 bits per heavy atom. The van der Waals surface area contributed by atoms with E-state index in [1.54, 1.807) is 0 Å². The van der Waals surface area contributed by atoms with Crippen LogP contribution in [0.2, 0.25) is 0 Å². The van der Waals surface area contributed by atoms with Crippen LogP contribution in [-0.2, 0) is 0 Å². The normalized spacial score (nSPS) is 11.9. The van der Waals surface area contributed by atoms with Crippen LogP contribution < -0.4 is 5.32 Å². The Kier molecular flexibility index (Phi) is 4.56. The van der Waals surface area contributed by atoms with Crippen LogP contribution in [0, 0.1) is 11.3 Å². The van der Waals surface area contributed by atoms with Crippen LogP contribution in [0.3, 0.4) is 0 Å². The molecule has 1 N–H and O–H groups in total. The number of nitrogens with one attached hydrogen (secondary N) is 1. The SMILES string of the molecule is CC(C)C(C)(C)CNC(=O)c1sccc1Br. The summed E-state index contributed by atoms with van der Waals surface area (Å²) in [4.78, 5) is 12.6. The zero-order valence-corrected chi connectivity index (χ0v) is 12.5. The average Bonchev–Trinajstić information content (AvgIpc) is 2.61. The molecule has 1 rings (SSSR count). The van der Waals surface area contributed by atoms with Crippen molar-refractivity contribution in [2.24, 2.45) is 11.3 Å². The second-order valence-corrected chi connectivity index (χ2v) is 6.69. The molecule has 0 aliphatic heterocycles. The molecule has 90 valence electrons. The molecule has 1 heterocycles. The van der Waals surface area contributed by atoms with Crippen LogP contribution in [0.15, 0.2) is 15.9 Å². The van der Waals surface area contributed by atoms with Crippen molar-refractivity contribution in [3.05, 3.63) is 20.8 Å². The van der Waals surface area contributed by atoms with Gasteiger partial charge in [-0.2, -0.15) is 0 Å². The summed E-state index contributed by atoms with van der Waals surface area (Å²) in [5.41, 5.74) is 0.124. The third-order valence-corrected chi connectivity index (χ3v) is 4.93. The van der Waals surface area contributed by atoms with Gasteiger partial charge in [0, 0.05) is 11.0 Å². The largest absolute Gasteiger partial charge is 0.351 e. The molecule has 0 fully saturated rings. The number of rotatable bonds is 4. The van der Waals surface area contributed by atoms with E-state index < -0.39 is 0 Å². The first-order valence-electron chi connectivity index (χ1n) is 5.36. The molecule has 0 radical (unpaired) electrons. The summed E-state index contributed by atoms with van der Waals surface area (Å²) in [7, 11) is 0. The van der Waals surface area contributed by atoms with Crippen molar-refractivity contribution < 1.29 is 4.79 Å². The van der Waals surface area contributed by atoms with Crippen LogP contribution in [0.4, 0.5) is 0 Å². The lowest BCUT2D eigenvalue weighted by molar-refractivity contribution is 0.0928. The van der Waals surface area contributed by atoms with Gasteiger partial charge in [-0.25, -0.2) is 0 Å². The summed E-state index contributed by atoms with van der Waals surface area (Å²) >= 11 is 4.82. The first-order chi connectivity index (χ1) is 7.34. The number of halogens is 1. The highest BCUT2D eigenvalue weighted by Gasteiger charge is 2.23. The van der Waals surface area contributed by atoms with Crippen molar-refractivity contribution in [3.63, 3.8) is 0 Å². The Balaban J connectivity index is 2.58. The third-order valence-electron chi connectivity index (χ3n) is 3.09. The molecule has 1 amide bonds. The first-order valence-corrected chi connectivity index (χ1v) is 7.03. The molecule has 0 unspecified atom stereocenters. The van der Waals surface area contributed by atoms with Crippen molar-refractivity contribution >= 4 is 33.2 Å². The van der Waals surface area contributed by atoms with Crippen molar-refractivity contribution in [3.8, 4) is 0 Å². The van der Waals surface area contributed by atoms with E-state index in [-0.39, 0.29) is 11.3 Å². The van der Waals surface area contributed by atoms with Crippen LogP contribution in [-0.4, -0.2) is 12.5 Å². The van der Waals surface area contributed by atoms with Gasteiger partial charge in [0.25, 0.3) is 5.91 Å². The summed E-state index contributed by atoms with van der Waals surface area (Å²) in [6.45, 7) is 9.39. The maximum Gasteiger partial charge on any atom is 0.262 e. The highest BCUT2D eigenvalue weighted by Crippen LogP contribution is 2.26. The molecule has 0 atom stereocenters. The van der Waals surface area contributed by atoms with E-state index in [0.717, 1.165) is 9.35 Å². The van der Waals surface area contributed by atoms with E-state index in [9.17, 15) is 4.79 Å². The quantitative estimate of drug-likeness (QED) is 0.897. The highest BCUT2D eigenvalue weighted by molar-refractivity contribution is 9.10. The predicted molar refractivity (Wildman–Crippen MR) is 73.0 cm³/mol. The minimum absolute atomic E-state index is 0.00981. The first kappa shape index (κ1) is 13.7. The summed E-state index contributed by atoms with van der Waals surface area (Å²) in [6.07, 6.45) is 0. The van der Waals surface area contributed by atoms with E-state index >= 15 is 0 Å². The lowest BCUT2D eigenvalue weighted by atomic mass is 9.81. The van der Waals surface area contributed by atoms with Gasteiger partial charge in [-0.3, -0.25) is 4.79 Å². The summed E-state index contributed by atoms with van der Waals surface area (Å²) < 4.78 is 0.873. The Bertz CT molecular complexity index is 371.